The van der Waals surface area contributed by atoms with Crippen LogP contribution in [0.5, 0.6) is 11.5 Å². The number of carbonyl (C=O) groups excluding carboxylic acids is 1. The molecule has 41 heavy (non-hydrogen) atoms. The van der Waals surface area contributed by atoms with Gasteiger partial charge in [-0.2, -0.15) is 13.9 Å². The number of fused-ring (bicyclic) bond motifs is 1. The lowest BCUT2D eigenvalue weighted by Crippen LogP contribution is -2.31. The summed E-state index contributed by atoms with van der Waals surface area (Å²) in [6.07, 6.45) is 4.34. The van der Waals surface area contributed by atoms with E-state index < -0.39 is 52.5 Å². The summed E-state index contributed by atoms with van der Waals surface area (Å²) in [7, 11) is 0. The molecule has 0 aliphatic heterocycles. The van der Waals surface area contributed by atoms with Gasteiger partial charge in [0, 0.05) is 35.9 Å². The number of carboxylic acids is 1. The molecule has 4 N–H and O–H groups in total. The lowest BCUT2D eigenvalue weighted by molar-refractivity contribution is -0.131. The Balaban J connectivity index is 1.45. The summed E-state index contributed by atoms with van der Waals surface area (Å²) in [5.41, 5.74) is 6.32. The van der Waals surface area contributed by atoms with E-state index >= 15 is 4.39 Å². The van der Waals surface area contributed by atoms with Gasteiger partial charge in [0.1, 0.15) is 29.4 Å². The maximum absolute atomic E-state index is 15.3. The summed E-state index contributed by atoms with van der Waals surface area (Å²) in [4.78, 5) is 30.8. The number of nitrogens with zero attached hydrogens (tertiary/aromatic N) is 4. The Morgan fingerprint density at radius 1 is 1.02 bits per heavy atom. The van der Waals surface area contributed by atoms with Crippen LogP contribution >= 0.6 is 0 Å². The van der Waals surface area contributed by atoms with Gasteiger partial charge in [-0.05, 0) is 31.4 Å². The second-order valence-corrected chi connectivity index (χ2v) is 9.14. The van der Waals surface area contributed by atoms with Gasteiger partial charge < -0.3 is 20.9 Å². The SMILES string of the molecule is Nc1ncnc2c1c(-c1ccc(Oc3c(F)c(F)cc(F)c3F)cc1F)nn2[C@H]1CCC(NC(=O)/C=C/C(=O)O)C1. The van der Waals surface area contributed by atoms with Gasteiger partial charge in [-0.1, -0.05) is 0 Å². The van der Waals surface area contributed by atoms with E-state index in [1.54, 1.807) is 0 Å². The van der Waals surface area contributed by atoms with Crippen LogP contribution in [0.15, 0.2) is 42.7 Å². The molecule has 0 bridgehead atoms. The molecule has 0 spiro atoms. The minimum Gasteiger partial charge on any atom is -0.478 e. The molecule has 2 aromatic heterocycles. The van der Waals surface area contributed by atoms with Gasteiger partial charge in [-0.15, -0.1) is 0 Å². The maximum Gasteiger partial charge on any atom is 0.328 e. The van der Waals surface area contributed by atoms with E-state index in [4.69, 9.17) is 15.6 Å². The first-order valence-electron chi connectivity index (χ1n) is 12.0. The van der Waals surface area contributed by atoms with Crippen LogP contribution in [-0.4, -0.2) is 42.8 Å². The molecule has 1 fully saturated rings. The van der Waals surface area contributed by atoms with Gasteiger partial charge in [0.2, 0.25) is 23.3 Å². The zero-order chi connectivity index (χ0) is 29.4. The highest BCUT2D eigenvalue weighted by Crippen LogP contribution is 2.39. The fourth-order valence-corrected chi connectivity index (χ4v) is 4.66. The van der Waals surface area contributed by atoms with Crippen LogP contribution in [0.1, 0.15) is 25.3 Å². The van der Waals surface area contributed by atoms with Crippen molar-refractivity contribution in [1.29, 1.82) is 0 Å². The topological polar surface area (TPSA) is 145 Å². The quantitative estimate of drug-likeness (QED) is 0.167. The van der Waals surface area contributed by atoms with Gasteiger partial charge in [0.15, 0.2) is 17.3 Å². The lowest BCUT2D eigenvalue weighted by Gasteiger charge is -2.13. The van der Waals surface area contributed by atoms with Crippen molar-refractivity contribution in [3.8, 4) is 22.8 Å². The van der Waals surface area contributed by atoms with E-state index in [0.29, 0.717) is 19.3 Å². The number of hydrogen-bond acceptors (Lipinski definition) is 7. The zero-order valence-corrected chi connectivity index (χ0v) is 20.7. The molecule has 4 aromatic rings. The first kappa shape index (κ1) is 27.5. The zero-order valence-electron chi connectivity index (χ0n) is 20.7. The molecule has 2 aromatic carbocycles. The molecular formula is C26H19F5N6O4. The smallest absolute Gasteiger partial charge is 0.328 e. The Bertz CT molecular complexity index is 1700. The number of benzene rings is 2. The standard InChI is InChI=1S/C26H19F5N6O4/c27-15-8-13(41-24-21(30)16(28)9-17(29)22(24)31)3-4-14(15)23-20-25(32)33-10-34-26(20)37(36-23)12-2-1-11(7-12)35-18(38)5-6-19(39)40/h3-6,8-12H,1-2,7H2,(H,35,38)(H,39,40)(H2,32,33,34)/b6-5+/t11?,12-/m0/s1. The number of ether oxygens (including phenoxy) is 1. The molecule has 1 saturated carbocycles. The molecule has 1 aliphatic rings. The fourth-order valence-electron chi connectivity index (χ4n) is 4.66. The monoisotopic (exact) mass is 574 g/mol. The van der Waals surface area contributed by atoms with Gasteiger partial charge in [-0.25, -0.2) is 32.6 Å². The van der Waals surface area contributed by atoms with Crippen molar-refractivity contribution < 1.29 is 41.4 Å². The van der Waals surface area contributed by atoms with Gasteiger partial charge in [-0.3, -0.25) is 4.79 Å². The number of anilines is 1. The lowest BCUT2D eigenvalue weighted by atomic mass is 10.1. The molecule has 0 saturated heterocycles. The number of nitrogens with one attached hydrogen (secondary N) is 1. The number of aromatic nitrogens is 4. The second-order valence-electron chi connectivity index (χ2n) is 9.14. The number of hydrogen-bond donors (Lipinski definition) is 3. The summed E-state index contributed by atoms with van der Waals surface area (Å²) in [6, 6.07) is 2.49. The number of carboxylic acid groups (broad SMARTS) is 1. The van der Waals surface area contributed by atoms with Crippen LogP contribution in [0.2, 0.25) is 0 Å². The first-order valence-corrected chi connectivity index (χ1v) is 12.0. The van der Waals surface area contributed by atoms with Crippen molar-refractivity contribution in [2.45, 2.75) is 31.3 Å². The van der Waals surface area contributed by atoms with E-state index in [1.807, 2.05) is 0 Å². The summed E-state index contributed by atoms with van der Waals surface area (Å²) in [5, 5.41) is 16.2. The number of nitrogen functional groups attached to an aromatic ring is 1. The van der Waals surface area contributed by atoms with E-state index in [-0.39, 0.29) is 46.3 Å². The minimum absolute atomic E-state index is 0.00277. The van der Waals surface area contributed by atoms with Crippen LogP contribution in [0, 0.1) is 29.1 Å². The molecule has 212 valence electrons. The molecule has 2 atom stereocenters. The van der Waals surface area contributed by atoms with Gasteiger partial charge >= 0.3 is 5.97 Å². The molecule has 15 heteroatoms. The summed E-state index contributed by atoms with van der Waals surface area (Å²) in [6.45, 7) is 0. The number of rotatable bonds is 7. The fraction of sp³-hybridized carbons (Fsp3) is 0.192. The van der Waals surface area contributed by atoms with Crippen LogP contribution in [0.4, 0.5) is 27.8 Å². The number of carbonyl (C=O) groups is 2. The van der Waals surface area contributed by atoms with E-state index in [0.717, 1.165) is 24.3 Å². The Morgan fingerprint density at radius 2 is 1.76 bits per heavy atom. The third-order valence-electron chi connectivity index (χ3n) is 6.48. The highest BCUT2D eigenvalue weighted by atomic mass is 19.2. The van der Waals surface area contributed by atoms with Crippen LogP contribution in [-0.2, 0) is 9.59 Å². The van der Waals surface area contributed by atoms with Crippen molar-refractivity contribution in [3.05, 3.63) is 71.8 Å². The highest BCUT2D eigenvalue weighted by Gasteiger charge is 2.31. The largest absolute Gasteiger partial charge is 0.478 e. The third-order valence-corrected chi connectivity index (χ3v) is 6.48. The molecule has 5 rings (SSSR count). The van der Waals surface area contributed by atoms with Crippen molar-refractivity contribution in [2.75, 3.05) is 5.73 Å². The number of amides is 1. The van der Waals surface area contributed by atoms with Crippen molar-refractivity contribution in [2.24, 2.45) is 0 Å². The number of halogens is 5. The summed E-state index contributed by atoms with van der Waals surface area (Å²) >= 11 is 0. The number of aliphatic carboxylic acids is 1. The Labute approximate surface area is 227 Å². The average Bonchev–Trinajstić information content (AvgIpc) is 3.54. The highest BCUT2D eigenvalue weighted by molar-refractivity contribution is 5.98. The molecule has 2 heterocycles. The van der Waals surface area contributed by atoms with Crippen molar-refractivity contribution in [3.63, 3.8) is 0 Å². The van der Waals surface area contributed by atoms with Crippen molar-refractivity contribution in [1.82, 2.24) is 25.1 Å². The van der Waals surface area contributed by atoms with E-state index in [1.165, 1.54) is 17.1 Å². The number of nitrogens with two attached hydrogens (primary N) is 1. The minimum atomic E-state index is -1.79. The Kier molecular flexibility index (Phi) is 7.26. The van der Waals surface area contributed by atoms with Crippen LogP contribution < -0.4 is 15.8 Å². The predicted octanol–water partition coefficient (Wildman–Crippen LogP) is 4.41. The first-order chi connectivity index (χ1) is 19.5. The molecule has 1 amide bonds. The molecule has 10 nitrogen and oxygen atoms in total. The van der Waals surface area contributed by atoms with Crippen molar-refractivity contribution >= 4 is 28.7 Å². The third kappa shape index (κ3) is 5.37. The van der Waals surface area contributed by atoms with Gasteiger partial charge in [0.05, 0.1) is 11.4 Å². The Morgan fingerprint density at radius 3 is 2.44 bits per heavy atom. The molecule has 0 radical (unpaired) electrons. The van der Waals surface area contributed by atoms with Crippen LogP contribution in [0.3, 0.4) is 0 Å². The normalized spacial score (nSPS) is 16.9. The maximum atomic E-state index is 15.3. The Hall–Kier alpha value is -5.08. The molecular weight excluding hydrogens is 555 g/mol. The molecule has 1 aliphatic carbocycles. The van der Waals surface area contributed by atoms with E-state index in [9.17, 15) is 27.2 Å². The predicted molar refractivity (Wildman–Crippen MR) is 133 cm³/mol. The summed E-state index contributed by atoms with van der Waals surface area (Å²) < 4.78 is 76.9. The van der Waals surface area contributed by atoms with Gasteiger partial charge in [0.25, 0.3) is 0 Å². The molecule has 1 unspecified atom stereocenters. The second kappa shape index (κ2) is 10.8. The van der Waals surface area contributed by atoms with E-state index in [2.05, 4.69) is 20.4 Å². The summed E-state index contributed by atoms with van der Waals surface area (Å²) in [5.74, 6) is -11.6. The van der Waals surface area contributed by atoms with Crippen LogP contribution in [0.25, 0.3) is 22.3 Å². The average molecular weight is 574 g/mol.